The van der Waals surface area contributed by atoms with E-state index in [1.165, 1.54) is 0 Å². The summed E-state index contributed by atoms with van der Waals surface area (Å²) in [6.45, 7) is 9.22. The van der Waals surface area contributed by atoms with E-state index in [4.69, 9.17) is 16.3 Å². The highest BCUT2D eigenvalue weighted by Crippen LogP contribution is 2.23. The van der Waals surface area contributed by atoms with E-state index in [2.05, 4.69) is 15.7 Å². The lowest BCUT2D eigenvalue weighted by Crippen LogP contribution is -2.45. The molecule has 1 atom stereocenters. The molecule has 2 aromatic rings. The van der Waals surface area contributed by atoms with Gasteiger partial charge in [-0.15, -0.1) is 0 Å². The molecule has 0 saturated heterocycles. The number of benzene rings is 1. The second-order valence-electron chi connectivity index (χ2n) is 9.03. The number of carbonyl (C=O) groups excluding carboxylic acids is 3. The van der Waals surface area contributed by atoms with Gasteiger partial charge in [0.1, 0.15) is 18.1 Å². The minimum absolute atomic E-state index is 0.0758. The van der Waals surface area contributed by atoms with Crippen LogP contribution in [-0.2, 0) is 11.3 Å². The first-order valence-electron chi connectivity index (χ1n) is 12.1. The number of ether oxygens (including phenoxy) is 1. The first-order valence-corrected chi connectivity index (χ1v) is 12.4. The summed E-state index contributed by atoms with van der Waals surface area (Å²) in [7, 11) is 0. The maximum absolute atomic E-state index is 13.4. The molecule has 0 spiro atoms. The van der Waals surface area contributed by atoms with Gasteiger partial charge in [-0.25, -0.2) is 0 Å². The van der Waals surface area contributed by atoms with E-state index in [1.54, 1.807) is 34.7 Å². The molecular weight excluding hydrogens is 470 g/mol. The molecule has 10 heteroatoms. The van der Waals surface area contributed by atoms with Gasteiger partial charge in [0.15, 0.2) is 0 Å². The smallest absolute Gasteiger partial charge is 0.272 e. The molecule has 9 nitrogen and oxygen atoms in total. The number of aromatic nitrogens is 2. The first-order chi connectivity index (χ1) is 16.7. The normalized spacial score (nSPS) is 18.1. The molecule has 0 unspecified atom stereocenters. The summed E-state index contributed by atoms with van der Waals surface area (Å²) in [4.78, 5) is 40.5. The maximum atomic E-state index is 13.4. The van der Waals surface area contributed by atoms with Gasteiger partial charge in [-0.1, -0.05) is 25.4 Å². The Balaban J connectivity index is 1.79. The molecule has 0 radical (unpaired) electrons. The summed E-state index contributed by atoms with van der Waals surface area (Å²) < 4.78 is 7.51. The van der Waals surface area contributed by atoms with Gasteiger partial charge in [0, 0.05) is 24.7 Å². The SMILES string of the molecule is CCn1nc(C(C)C)cc1C(=O)N1CCCCNC(=O)c2cc(Cl)ccc2OC[C@@H](C)NC(=O)C1. The Morgan fingerprint density at radius 2 is 2.03 bits per heavy atom. The molecule has 3 amide bonds. The summed E-state index contributed by atoms with van der Waals surface area (Å²) >= 11 is 6.08. The number of fused-ring (bicyclic) bond motifs is 1. The Kier molecular flexibility index (Phi) is 9.14. The predicted octanol–water partition coefficient (Wildman–Crippen LogP) is 3.23. The van der Waals surface area contributed by atoms with Gasteiger partial charge in [-0.2, -0.15) is 5.10 Å². The van der Waals surface area contributed by atoms with Gasteiger partial charge in [-0.3, -0.25) is 19.1 Å². The molecule has 2 heterocycles. The number of nitrogens with zero attached hydrogens (tertiary/aromatic N) is 3. The number of nitrogens with one attached hydrogen (secondary N) is 2. The Morgan fingerprint density at radius 1 is 1.26 bits per heavy atom. The lowest BCUT2D eigenvalue weighted by atomic mass is 10.1. The molecule has 0 aliphatic carbocycles. The van der Waals surface area contributed by atoms with Crippen molar-refractivity contribution < 1.29 is 19.1 Å². The Morgan fingerprint density at radius 3 is 2.74 bits per heavy atom. The molecule has 1 aliphatic heterocycles. The third-order valence-electron chi connectivity index (χ3n) is 5.75. The fourth-order valence-electron chi connectivity index (χ4n) is 3.83. The minimum Gasteiger partial charge on any atom is -0.491 e. The fraction of sp³-hybridized carbons (Fsp3) is 0.520. The van der Waals surface area contributed by atoms with Crippen LogP contribution in [-0.4, -0.2) is 64.7 Å². The Bertz CT molecular complexity index is 1070. The summed E-state index contributed by atoms with van der Waals surface area (Å²) in [6, 6.07) is 6.33. The van der Waals surface area contributed by atoms with Crippen LogP contribution in [0.5, 0.6) is 5.75 Å². The minimum atomic E-state index is -0.343. The second kappa shape index (κ2) is 12.1. The molecule has 0 bridgehead atoms. The highest BCUT2D eigenvalue weighted by Gasteiger charge is 2.24. The van der Waals surface area contributed by atoms with Crippen molar-refractivity contribution in [1.29, 1.82) is 0 Å². The highest BCUT2D eigenvalue weighted by molar-refractivity contribution is 6.31. The second-order valence-corrected chi connectivity index (χ2v) is 9.47. The van der Waals surface area contributed by atoms with Crippen LogP contribution in [0, 0.1) is 0 Å². The number of hydrogen-bond donors (Lipinski definition) is 2. The van der Waals surface area contributed by atoms with Crippen LogP contribution in [0.4, 0.5) is 0 Å². The third kappa shape index (κ3) is 6.97. The molecule has 3 rings (SSSR count). The Hall–Kier alpha value is -3.07. The first kappa shape index (κ1) is 26.5. The average molecular weight is 504 g/mol. The van der Waals surface area contributed by atoms with Crippen LogP contribution in [0.25, 0.3) is 0 Å². The van der Waals surface area contributed by atoms with Gasteiger partial charge in [0.05, 0.1) is 23.8 Å². The number of amides is 3. The molecule has 35 heavy (non-hydrogen) atoms. The van der Waals surface area contributed by atoms with Crippen molar-refractivity contribution in [1.82, 2.24) is 25.3 Å². The van der Waals surface area contributed by atoms with Crippen molar-refractivity contribution in [3.63, 3.8) is 0 Å². The van der Waals surface area contributed by atoms with E-state index in [0.717, 1.165) is 5.69 Å². The molecule has 1 aromatic carbocycles. The average Bonchev–Trinajstić information content (AvgIpc) is 3.26. The number of carbonyl (C=O) groups is 3. The van der Waals surface area contributed by atoms with E-state index in [9.17, 15) is 14.4 Å². The zero-order valence-corrected chi connectivity index (χ0v) is 21.5. The molecule has 1 aromatic heterocycles. The summed E-state index contributed by atoms with van der Waals surface area (Å²) in [5.74, 6) is -0.213. The van der Waals surface area contributed by atoms with Crippen molar-refractivity contribution in [2.24, 2.45) is 0 Å². The summed E-state index contributed by atoms with van der Waals surface area (Å²) in [5.41, 5.74) is 1.65. The van der Waals surface area contributed by atoms with Crippen LogP contribution in [0.2, 0.25) is 5.02 Å². The number of halogens is 1. The number of aryl methyl sites for hydroxylation is 1. The molecule has 0 saturated carbocycles. The van der Waals surface area contributed by atoms with Crippen LogP contribution < -0.4 is 15.4 Å². The van der Waals surface area contributed by atoms with E-state index in [-0.39, 0.29) is 42.8 Å². The molecule has 2 N–H and O–H groups in total. The fourth-order valence-corrected chi connectivity index (χ4v) is 4.00. The topological polar surface area (TPSA) is 106 Å². The number of rotatable bonds is 3. The van der Waals surface area contributed by atoms with Crippen LogP contribution in [0.15, 0.2) is 24.3 Å². The van der Waals surface area contributed by atoms with Crippen LogP contribution >= 0.6 is 11.6 Å². The van der Waals surface area contributed by atoms with Crippen molar-refractivity contribution >= 4 is 29.3 Å². The molecule has 1 aliphatic rings. The summed E-state index contributed by atoms with van der Waals surface area (Å²) in [5, 5.41) is 10.7. The van der Waals surface area contributed by atoms with Gasteiger partial charge in [0.2, 0.25) is 5.91 Å². The van der Waals surface area contributed by atoms with E-state index >= 15 is 0 Å². The van der Waals surface area contributed by atoms with Crippen LogP contribution in [0.1, 0.15) is 73.0 Å². The predicted molar refractivity (Wildman–Crippen MR) is 134 cm³/mol. The lowest BCUT2D eigenvalue weighted by molar-refractivity contribution is -0.122. The zero-order valence-electron chi connectivity index (χ0n) is 20.8. The van der Waals surface area contributed by atoms with E-state index in [0.29, 0.717) is 54.5 Å². The largest absolute Gasteiger partial charge is 0.491 e. The highest BCUT2D eigenvalue weighted by atomic mass is 35.5. The van der Waals surface area contributed by atoms with Crippen molar-refractivity contribution in [3.05, 3.63) is 46.2 Å². The van der Waals surface area contributed by atoms with E-state index < -0.39 is 0 Å². The molecular formula is C25H34ClN5O4. The third-order valence-corrected chi connectivity index (χ3v) is 5.99. The van der Waals surface area contributed by atoms with Crippen molar-refractivity contribution in [3.8, 4) is 5.75 Å². The standard InChI is InChI=1S/C25H34ClN5O4/c1-5-31-21(13-20(29-31)16(2)3)25(34)30-11-7-6-10-27-24(33)19-12-18(26)8-9-22(19)35-15-17(4)28-23(32)14-30/h8-9,12-13,16-17H,5-7,10-11,14-15H2,1-4H3,(H,27,33)(H,28,32)/t17-/m1/s1. The van der Waals surface area contributed by atoms with Crippen molar-refractivity contribution in [2.75, 3.05) is 26.2 Å². The van der Waals surface area contributed by atoms with Gasteiger partial charge >= 0.3 is 0 Å². The van der Waals surface area contributed by atoms with E-state index in [1.807, 2.05) is 26.8 Å². The van der Waals surface area contributed by atoms with Gasteiger partial charge in [0.25, 0.3) is 11.8 Å². The molecule has 0 fully saturated rings. The summed E-state index contributed by atoms with van der Waals surface area (Å²) in [6.07, 6.45) is 1.25. The van der Waals surface area contributed by atoms with Crippen molar-refractivity contribution in [2.45, 2.75) is 59.0 Å². The quantitative estimate of drug-likeness (QED) is 0.669. The lowest BCUT2D eigenvalue weighted by Gasteiger charge is -2.23. The van der Waals surface area contributed by atoms with Gasteiger partial charge < -0.3 is 20.3 Å². The maximum Gasteiger partial charge on any atom is 0.272 e. The zero-order chi connectivity index (χ0) is 25.5. The van der Waals surface area contributed by atoms with Crippen LogP contribution in [0.3, 0.4) is 0 Å². The monoisotopic (exact) mass is 503 g/mol. The Labute approximate surface area is 211 Å². The molecule has 190 valence electrons. The number of hydrogen-bond acceptors (Lipinski definition) is 5. The van der Waals surface area contributed by atoms with Gasteiger partial charge in [-0.05, 0) is 56.9 Å².